The van der Waals surface area contributed by atoms with Crippen LogP contribution in [0, 0.1) is 5.92 Å². The topological polar surface area (TPSA) is 66.5 Å². The highest BCUT2D eigenvalue weighted by molar-refractivity contribution is 8.77. The molecule has 5 atom stereocenters. The maximum atomic E-state index is 10.5. The van der Waals surface area contributed by atoms with Crippen LogP contribution in [0.2, 0.25) is 0 Å². The summed E-state index contributed by atoms with van der Waals surface area (Å²) in [5, 5.41) is 22.4. The van der Waals surface area contributed by atoms with Gasteiger partial charge in [0, 0.05) is 22.0 Å². The second-order valence-electron chi connectivity index (χ2n) is 7.28. The Bertz CT molecular complexity index is 339. The van der Waals surface area contributed by atoms with E-state index in [1.165, 1.54) is 43.6 Å². The fourth-order valence-electron chi connectivity index (χ4n) is 3.58. The van der Waals surface area contributed by atoms with Gasteiger partial charge in [-0.3, -0.25) is 0 Å². The summed E-state index contributed by atoms with van der Waals surface area (Å²) in [6.07, 6.45) is 10.1. The second kappa shape index (κ2) is 13.5. The molecule has 3 nitrogen and oxygen atoms in total. The zero-order valence-corrected chi connectivity index (χ0v) is 18.4. The van der Waals surface area contributed by atoms with Crippen molar-refractivity contribution in [2.75, 3.05) is 18.1 Å². The van der Waals surface area contributed by atoms with Crippen LogP contribution in [0.1, 0.15) is 64.2 Å². The van der Waals surface area contributed by atoms with Gasteiger partial charge in [-0.05, 0) is 70.3 Å². The molecule has 0 bridgehead atoms. The monoisotopic (exact) mass is 425 g/mol. The molecule has 148 valence electrons. The molecule has 0 aromatic heterocycles. The molecule has 7 heteroatoms. The van der Waals surface area contributed by atoms with Crippen molar-refractivity contribution in [1.29, 1.82) is 0 Å². The second-order valence-corrected chi connectivity index (χ2v) is 12.9. The Morgan fingerprint density at radius 1 is 0.880 bits per heavy atom. The van der Waals surface area contributed by atoms with E-state index in [1.807, 2.05) is 43.2 Å². The molecule has 0 spiro atoms. The fourth-order valence-corrected chi connectivity index (χ4v) is 9.38. The summed E-state index contributed by atoms with van der Waals surface area (Å²) in [6.45, 7) is 0.472. The zero-order chi connectivity index (χ0) is 17.9. The Morgan fingerprint density at radius 2 is 1.44 bits per heavy atom. The summed E-state index contributed by atoms with van der Waals surface area (Å²) in [5.41, 5.74) is 5.89. The average Bonchev–Trinajstić information content (AvgIpc) is 2.66. The van der Waals surface area contributed by atoms with Gasteiger partial charge in [0.2, 0.25) is 0 Å². The molecule has 0 amide bonds. The molecule has 0 radical (unpaired) electrons. The lowest BCUT2D eigenvalue weighted by molar-refractivity contribution is -0.0225. The molecule has 2 aliphatic heterocycles. The highest BCUT2D eigenvalue weighted by Gasteiger charge is 2.26. The number of aliphatic hydroxyl groups excluding tert-OH is 2. The SMILES string of the molecule is NCC(CCCC1CCCSS1)C(O)C(O)CCCC1CCCSS1. The van der Waals surface area contributed by atoms with Gasteiger partial charge in [-0.2, -0.15) is 0 Å². The van der Waals surface area contributed by atoms with Crippen molar-refractivity contribution in [3.63, 3.8) is 0 Å². The molecule has 25 heavy (non-hydrogen) atoms. The average molecular weight is 426 g/mol. The van der Waals surface area contributed by atoms with Crippen LogP contribution in [0.3, 0.4) is 0 Å². The predicted octanol–water partition coefficient (Wildman–Crippen LogP) is 4.71. The summed E-state index contributed by atoms with van der Waals surface area (Å²) in [5.74, 6) is 2.60. The van der Waals surface area contributed by atoms with Crippen molar-refractivity contribution in [3.05, 3.63) is 0 Å². The molecule has 0 aliphatic carbocycles. The lowest BCUT2D eigenvalue weighted by atomic mass is 9.90. The summed E-state index contributed by atoms with van der Waals surface area (Å²) in [7, 11) is 8.02. The van der Waals surface area contributed by atoms with Crippen LogP contribution in [-0.4, -0.2) is 51.0 Å². The van der Waals surface area contributed by atoms with Gasteiger partial charge in [0.15, 0.2) is 0 Å². The molecule has 0 saturated carbocycles. The van der Waals surface area contributed by atoms with E-state index in [2.05, 4.69) is 0 Å². The van der Waals surface area contributed by atoms with Crippen LogP contribution in [0.5, 0.6) is 0 Å². The van der Waals surface area contributed by atoms with E-state index in [4.69, 9.17) is 5.73 Å². The van der Waals surface area contributed by atoms with Crippen LogP contribution in [0.25, 0.3) is 0 Å². The Morgan fingerprint density at radius 3 is 1.92 bits per heavy atom. The molecule has 0 aromatic rings. The Balaban J connectivity index is 1.60. The number of hydrogen-bond donors (Lipinski definition) is 3. The highest BCUT2D eigenvalue weighted by Crippen LogP contribution is 2.39. The van der Waals surface area contributed by atoms with Crippen LogP contribution < -0.4 is 5.73 Å². The molecular weight excluding hydrogens is 390 g/mol. The molecule has 2 rings (SSSR count). The summed E-state index contributed by atoms with van der Waals surface area (Å²) in [4.78, 5) is 0. The van der Waals surface area contributed by atoms with E-state index in [0.29, 0.717) is 13.0 Å². The minimum Gasteiger partial charge on any atom is -0.390 e. The van der Waals surface area contributed by atoms with E-state index in [0.717, 1.165) is 36.2 Å². The van der Waals surface area contributed by atoms with Gasteiger partial charge in [0.1, 0.15) is 0 Å². The lowest BCUT2D eigenvalue weighted by Crippen LogP contribution is -2.37. The summed E-state index contributed by atoms with van der Waals surface area (Å²) in [6, 6.07) is 0. The van der Waals surface area contributed by atoms with Gasteiger partial charge in [-0.1, -0.05) is 49.6 Å². The fraction of sp³-hybridized carbons (Fsp3) is 1.00. The van der Waals surface area contributed by atoms with Crippen LogP contribution in [0.15, 0.2) is 0 Å². The third-order valence-corrected chi connectivity index (χ3v) is 11.3. The first-order valence-corrected chi connectivity index (χ1v) is 14.6. The molecule has 5 unspecified atom stereocenters. The van der Waals surface area contributed by atoms with E-state index >= 15 is 0 Å². The van der Waals surface area contributed by atoms with Gasteiger partial charge in [-0.15, -0.1) is 0 Å². The molecular formula is C18H35NO2S4. The van der Waals surface area contributed by atoms with Gasteiger partial charge >= 0.3 is 0 Å². The van der Waals surface area contributed by atoms with E-state index in [9.17, 15) is 10.2 Å². The molecule has 4 N–H and O–H groups in total. The number of nitrogens with two attached hydrogens (primary N) is 1. The summed E-state index contributed by atoms with van der Waals surface area (Å²) < 4.78 is 0. The lowest BCUT2D eigenvalue weighted by Gasteiger charge is -2.27. The normalized spacial score (nSPS) is 28.4. The molecule has 0 aromatic carbocycles. The smallest absolute Gasteiger partial charge is 0.0839 e. The standard InChI is InChI=1S/C18H35NO2S4/c19-13-14(5-1-6-15-8-3-11-22-24-15)18(21)17(20)10-2-7-16-9-4-12-23-25-16/h14-18,20-21H,1-13,19H2. The number of rotatable bonds is 11. The van der Waals surface area contributed by atoms with Gasteiger partial charge in [-0.25, -0.2) is 0 Å². The van der Waals surface area contributed by atoms with E-state index in [-0.39, 0.29) is 5.92 Å². The van der Waals surface area contributed by atoms with E-state index < -0.39 is 12.2 Å². The molecule has 2 fully saturated rings. The zero-order valence-electron chi connectivity index (χ0n) is 15.2. The van der Waals surface area contributed by atoms with Gasteiger partial charge in [0.25, 0.3) is 0 Å². The van der Waals surface area contributed by atoms with Crippen molar-refractivity contribution < 1.29 is 10.2 Å². The Kier molecular flexibility index (Phi) is 12.1. The number of aliphatic hydroxyl groups is 2. The minimum atomic E-state index is -0.660. The van der Waals surface area contributed by atoms with Crippen LogP contribution in [-0.2, 0) is 0 Å². The predicted molar refractivity (Wildman–Crippen MR) is 118 cm³/mol. The third kappa shape index (κ3) is 8.88. The molecule has 2 heterocycles. The first kappa shape index (κ1) is 22.6. The maximum Gasteiger partial charge on any atom is 0.0839 e. The van der Waals surface area contributed by atoms with Crippen molar-refractivity contribution in [2.24, 2.45) is 11.7 Å². The van der Waals surface area contributed by atoms with Crippen LogP contribution >= 0.6 is 43.2 Å². The van der Waals surface area contributed by atoms with Crippen molar-refractivity contribution in [1.82, 2.24) is 0 Å². The highest BCUT2D eigenvalue weighted by atomic mass is 33.1. The quantitative estimate of drug-likeness (QED) is 0.414. The van der Waals surface area contributed by atoms with Gasteiger partial charge < -0.3 is 15.9 Å². The van der Waals surface area contributed by atoms with Crippen molar-refractivity contribution >= 4 is 43.2 Å². The Hall–Kier alpha value is 1.28. The van der Waals surface area contributed by atoms with Gasteiger partial charge in [0.05, 0.1) is 12.2 Å². The maximum absolute atomic E-state index is 10.5. The minimum absolute atomic E-state index is 0.0378. The van der Waals surface area contributed by atoms with Crippen molar-refractivity contribution in [2.45, 2.75) is 86.9 Å². The van der Waals surface area contributed by atoms with E-state index in [1.54, 1.807) is 0 Å². The Labute approximate surface area is 169 Å². The van der Waals surface area contributed by atoms with Crippen molar-refractivity contribution in [3.8, 4) is 0 Å². The third-order valence-electron chi connectivity index (χ3n) is 5.22. The largest absolute Gasteiger partial charge is 0.390 e. The molecule has 2 saturated heterocycles. The molecule has 2 aliphatic rings. The number of hydrogen-bond acceptors (Lipinski definition) is 7. The first-order valence-electron chi connectivity index (χ1n) is 9.83. The summed E-state index contributed by atoms with van der Waals surface area (Å²) >= 11 is 0. The first-order chi connectivity index (χ1) is 12.2. The van der Waals surface area contributed by atoms with Crippen LogP contribution in [0.4, 0.5) is 0 Å².